The summed E-state index contributed by atoms with van der Waals surface area (Å²) in [5.74, 6) is 0.828. The van der Waals surface area contributed by atoms with Crippen LogP contribution in [0.3, 0.4) is 0 Å². The van der Waals surface area contributed by atoms with Gasteiger partial charge in [-0.3, -0.25) is 10.2 Å². The molecule has 3 aromatic rings. The lowest BCUT2D eigenvalue weighted by molar-refractivity contribution is -0.130. The van der Waals surface area contributed by atoms with E-state index in [4.69, 9.17) is 19.6 Å². The first-order valence-corrected chi connectivity index (χ1v) is 13.3. The predicted octanol–water partition coefficient (Wildman–Crippen LogP) is 4.74. The van der Waals surface area contributed by atoms with E-state index in [0.29, 0.717) is 37.6 Å². The molecule has 0 aromatic heterocycles. The Kier molecular flexibility index (Phi) is 9.33. The number of nitrogens with one attached hydrogen (secondary N) is 2. The molecule has 3 aromatic carbocycles. The Morgan fingerprint density at radius 3 is 2.51 bits per heavy atom. The Morgan fingerprint density at radius 1 is 1.08 bits per heavy atom. The molecule has 37 heavy (non-hydrogen) atoms. The molecule has 4 rings (SSSR count). The van der Waals surface area contributed by atoms with Gasteiger partial charge in [0.25, 0.3) is 5.91 Å². The van der Waals surface area contributed by atoms with Gasteiger partial charge in [0.05, 0.1) is 6.61 Å². The molecule has 194 valence electrons. The third kappa shape index (κ3) is 6.39. The van der Waals surface area contributed by atoms with Crippen LogP contribution in [0.4, 0.5) is 0 Å². The summed E-state index contributed by atoms with van der Waals surface area (Å²) < 4.78 is 13.1. The first-order chi connectivity index (χ1) is 18.1. The number of carbonyl (C=O) groups is 1. The number of carbonyl (C=O) groups excluding carboxylic acids is 1. The lowest BCUT2D eigenvalue weighted by atomic mass is 9.82. The summed E-state index contributed by atoms with van der Waals surface area (Å²) in [5, 5.41) is 8.98. The molecule has 1 amide bonds. The topological polar surface area (TPSA) is 92.2 Å². The van der Waals surface area contributed by atoms with Gasteiger partial charge in [0, 0.05) is 36.0 Å². The van der Waals surface area contributed by atoms with E-state index >= 15 is 0 Å². The van der Waals surface area contributed by atoms with E-state index in [1.165, 1.54) is 0 Å². The molecule has 2 atom stereocenters. The third-order valence-electron chi connectivity index (χ3n) is 6.13. The zero-order chi connectivity index (χ0) is 26.1. The highest BCUT2D eigenvalue weighted by Crippen LogP contribution is 2.43. The summed E-state index contributed by atoms with van der Waals surface area (Å²) in [6, 6.07) is 25.0. The molecule has 0 saturated carbocycles. The molecule has 1 heterocycles. The van der Waals surface area contributed by atoms with Gasteiger partial charge in [-0.2, -0.15) is 0 Å². The van der Waals surface area contributed by atoms with Gasteiger partial charge in [-0.05, 0) is 47.9 Å². The number of amides is 1. The standard InChI is InChI=1S/C29H32BrN3O4/c1-2-17-31-33-28(35)29(20-23-11-6-7-12-25(23)30)26(21-9-4-3-5-10-21)37-27(32-29)22-13-15-24(16-14-22)36-19-8-18-34/h3-7,9-16,26,31,34H,2,8,17-20H2,1H3,(H,33,35)/t26-,29-/m0/s1. The number of aliphatic hydroxyl groups excluding tert-OH is 1. The minimum atomic E-state index is -1.25. The Bertz CT molecular complexity index is 1200. The summed E-state index contributed by atoms with van der Waals surface area (Å²) in [6.07, 6.45) is 1.13. The molecule has 0 unspecified atom stereocenters. The van der Waals surface area contributed by atoms with Crippen LogP contribution in [0.5, 0.6) is 5.75 Å². The summed E-state index contributed by atoms with van der Waals surface area (Å²) in [5.41, 5.74) is 7.22. The van der Waals surface area contributed by atoms with Crippen LogP contribution in [0.2, 0.25) is 0 Å². The average Bonchev–Trinajstić information content (AvgIpc) is 3.32. The van der Waals surface area contributed by atoms with Crippen molar-refractivity contribution in [2.75, 3.05) is 19.8 Å². The summed E-state index contributed by atoms with van der Waals surface area (Å²) in [7, 11) is 0. The van der Waals surface area contributed by atoms with Gasteiger partial charge < -0.3 is 14.6 Å². The monoisotopic (exact) mass is 565 g/mol. The minimum absolute atomic E-state index is 0.0817. The Morgan fingerprint density at radius 2 is 1.81 bits per heavy atom. The van der Waals surface area contributed by atoms with Crippen LogP contribution in [0.15, 0.2) is 88.3 Å². The van der Waals surface area contributed by atoms with Crippen molar-refractivity contribution in [3.05, 3.63) is 100 Å². The molecular formula is C29H32BrN3O4. The number of aliphatic hydroxyl groups is 1. The number of hydrazine groups is 1. The van der Waals surface area contributed by atoms with Crippen LogP contribution in [-0.4, -0.2) is 42.2 Å². The molecule has 0 aliphatic carbocycles. The molecule has 0 radical (unpaired) electrons. The third-order valence-corrected chi connectivity index (χ3v) is 6.90. The Labute approximate surface area is 226 Å². The number of halogens is 1. The van der Waals surface area contributed by atoms with Crippen molar-refractivity contribution in [2.45, 2.75) is 37.8 Å². The first-order valence-electron chi connectivity index (χ1n) is 12.5. The van der Waals surface area contributed by atoms with Gasteiger partial charge in [-0.25, -0.2) is 10.4 Å². The number of ether oxygens (including phenoxy) is 2. The molecule has 3 N–H and O–H groups in total. The average molecular weight is 566 g/mol. The zero-order valence-corrected chi connectivity index (χ0v) is 22.4. The van der Waals surface area contributed by atoms with Crippen LogP contribution in [0.1, 0.15) is 42.6 Å². The van der Waals surface area contributed by atoms with Crippen LogP contribution < -0.4 is 15.6 Å². The van der Waals surface area contributed by atoms with Gasteiger partial charge in [-0.1, -0.05) is 71.4 Å². The number of hydrogen-bond acceptors (Lipinski definition) is 6. The second-order valence-corrected chi connectivity index (χ2v) is 9.70. The molecule has 1 aliphatic rings. The van der Waals surface area contributed by atoms with Crippen molar-refractivity contribution >= 4 is 27.7 Å². The van der Waals surface area contributed by atoms with E-state index in [-0.39, 0.29) is 12.5 Å². The number of rotatable bonds is 12. The molecule has 0 fully saturated rings. The Balaban J connectivity index is 1.75. The molecule has 0 saturated heterocycles. The van der Waals surface area contributed by atoms with E-state index in [1.54, 1.807) is 0 Å². The minimum Gasteiger partial charge on any atom is -0.494 e. The fourth-order valence-electron chi connectivity index (χ4n) is 4.22. The van der Waals surface area contributed by atoms with Crippen LogP contribution in [-0.2, 0) is 16.0 Å². The lowest BCUT2D eigenvalue weighted by Crippen LogP contribution is -2.54. The molecular weight excluding hydrogens is 534 g/mol. The van der Waals surface area contributed by atoms with E-state index in [0.717, 1.165) is 27.6 Å². The summed E-state index contributed by atoms with van der Waals surface area (Å²) >= 11 is 3.64. The van der Waals surface area contributed by atoms with Crippen LogP contribution in [0, 0.1) is 0 Å². The number of nitrogens with zero attached hydrogens (tertiary/aromatic N) is 1. The second kappa shape index (κ2) is 12.9. The normalized spacial score (nSPS) is 18.7. The van der Waals surface area contributed by atoms with Gasteiger partial charge in [0.2, 0.25) is 5.90 Å². The highest BCUT2D eigenvalue weighted by Gasteiger charge is 2.53. The van der Waals surface area contributed by atoms with Crippen LogP contribution in [0.25, 0.3) is 0 Å². The molecule has 7 nitrogen and oxygen atoms in total. The fourth-order valence-corrected chi connectivity index (χ4v) is 4.64. The highest BCUT2D eigenvalue weighted by atomic mass is 79.9. The van der Waals surface area contributed by atoms with Crippen molar-refractivity contribution in [3.63, 3.8) is 0 Å². The molecule has 8 heteroatoms. The van der Waals surface area contributed by atoms with E-state index < -0.39 is 11.6 Å². The van der Waals surface area contributed by atoms with Crippen molar-refractivity contribution in [3.8, 4) is 5.75 Å². The fraction of sp³-hybridized carbons (Fsp3) is 0.310. The largest absolute Gasteiger partial charge is 0.494 e. The molecule has 1 aliphatic heterocycles. The van der Waals surface area contributed by atoms with E-state index in [1.807, 2.05) is 85.8 Å². The maximum absolute atomic E-state index is 13.9. The number of benzene rings is 3. The lowest BCUT2D eigenvalue weighted by Gasteiger charge is -2.31. The van der Waals surface area contributed by atoms with Gasteiger partial charge in [-0.15, -0.1) is 0 Å². The molecule has 0 bridgehead atoms. The van der Waals surface area contributed by atoms with Gasteiger partial charge >= 0.3 is 0 Å². The number of hydrogen-bond donors (Lipinski definition) is 3. The smallest absolute Gasteiger partial charge is 0.266 e. The van der Waals surface area contributed by atoms with E-state index in [2.05, 4.69) is 26.8 Å². The maximum atomic E-state index is 13.9. The van der Waals surface area contributed by atoms with Gasteiger partial charge in [0.1, 0.15) is 5.75 Å². The summed E-state index contributed by atoms with van der Waals surface area (Å²) in [6.45, 7) is 3.19. The Hall–Kier alpha value is -3.20. The van der Waals surface area contributed by atoms with Crippen molar-refractivity contribution < 1.29 is 19.4 Å². The van der Waals surface area contributed by atoms with Crippen molar-refractivity contribution in [1.82, 2.24) is 10.9 Å². The van der Waals surface area contributed by atoms with Gasteiger partial charge in [0.15, 0.2) is 11.6 Å². The van der Waals surface area contributed by atoms with Crippen molar-refractivity contribution in [1.29, 1.82) is 0 Å². The predicted molar refractivity (Wildman–Crippen MR) is 147 cm³/mol. The zero-order valence-electron chi connectivity index (χ0n) is 20.8. The highest BCUT2D eigenvalue weighted by molar-refractivity contribution is 9.10. The number of aliphatic imine (C=N–C) groups is 1. The first kappa shape index (κ1) is 26.9. The van der Waals surface area contributed by atoms with E-state index in [9.17, 15) is 4.79 Å². The molecule has 0 spiro atoms. The van der Waals surface area contributed by atoms with Crippen LogP contribution >= 0.6 is 15.9 Å². The van der Waals surface area contributed by atoms with Crippen molar-refractivity contribution in [2.24, 2.45) is 4.99 Å². The maximum Gasteiger partial charge on any atom is 0.266 e. The quantitative estimate of drug-likeness (QED) is 0.218. The second-order valence-electron chi connectivity index (χ2n) is 8.85. The summed E-state index contributed by atoms with van der Waals surface area (Å²) in [4.78, 5) is 18.9. The SMILES string of the molecule is CCCNNC(=O)[C@@]1(Cc2ccccc2Br)N=C(c2ccc(OCCCO)cc2)O[C@H]1c1ccccc1.